The van der Waals surface area contributed by atoms with E-state index in [-0.39, 0.29) is 0 Å². The highest BCUT2D eigenvalue weighted by atomic mass is 16.5. The Bertz CT molecular complexity index is 651. The third kappa shape index (κ3) is 4.66. The average molecular weight is 361 g/mol. The predicted molar refractivity (Wildman–Crippen MR) is 99.4 cm³/mol. The first kappa shape index (κ1) is 18.9. The van der Waals surface area contributed by atoms with Gasteiger partial charge in [-0.05, 0) is 28.5 Å². The van der Waals surface area contributed by atoms with Crippen molar-refractivity contribution in [1.29, 1.82) is 0 Å². The molecule has 0 saturated carbocycles. The van der Waals surface area contributed by atoms with Crippen molar-refractivity contribution in [2.45, 2.75) is 32.9 Å². The highest BCUT2D eigenvalue weighted by Crippen LogP contribution is 2.16. The molecule has 0 bridgehead atoms. The first-order valence-corrected chi connectivity index (χ1v) is 9.68. The molecular weight excluding hydrogens is 328 g/mol. The Kier molecular flexibility index (Phi) is 6.71. The molecule has 1 aromatic carbocycles. The van der Waals surface area contributed by atoms with Crippen LogP contribution in [0.5, 0.6) is 0 Å². The minimum absolute atomic E-state index is 0.346. The molecule has 2 aromatic rings. The van der Waals surface area contributed by atoms with Crippen LogP contribution in [0.2, 0.25) is 0 Å². The van der Waals surface area contributed by atoms with E-state index in [2.05, 4.69) is 59.7 Å². The molecule has 7 heteroatoms. The fourth-order valence-electron chi connectivity index (χ4n) is 3.91. The maximum Gasteiger partial charge on any atom is 0.209 e. The number of hydrogen-bond donors (Lipinski definition) is 2. The van der Waals surface area contributed by atoms with Gasteiger partial charge < -0.3 is 9.64 Å². The summed E-state index contributed by atoms with van der Waals surface area (Å²) in [5, 5.41) is 12.5. The van der Waals surface area contributed by atoms with Gasteiger partial charge in [0.2, 0.25) is 5.82 Å². The Morgan fingerprint density at radius 1 is 1.12 bits per heavy atom. The number of quaternary nitrogens is 2. The second kappa shape index (κ2) is 9.21. The second-order valence-electron chi connectivity index (χ2n) is 7.56. The summed E-state index contributed by atoms with van der Waals surface area (Å²) in [5.41, 5.74) is 1.40. The summed E-state index contributed by atoms with van der Waals surface area (Å²) < 4.78 is 7.14. The summed E-state index contributed by atoms with van der Waals surface area (Å²) in [4.78, 5) is 3.18. The van der Waals surface area contributed by atoms with Crippen LogP contribution >= 0.6 is 0 Å². The van der Waals surface area contributed by atoms with Gasteiger partial charge in [0.15, 0.2) is 6.04 Å². The Labute approximate surface area is 155 Å². The van der Waals surface area contributed by atoms with E-state index in [4.69, 9.17) is 4.74 Å². The van der Waals surface area contributed by atoms with Gasteiger partial charge in [-0.1, -0.05) is 32.0 Å². The molecule has 0 aliphatic carbocycles. The van der Waals surface area contributed by atoms with Crippen LogP contribution in [0.25, 0.3) is 0 Å². The van der Waals surface area contributed by atoms with E-state index in [1.807, 2.05) is 4.68 Å². The molecule has 0 unspecified atom stereocenters. The molecule has 1 aliphatic rings. The summed E-state index contributed by atoms with van der Waals surface area (Å²) in [6.45, 7) is 10.5. The summed E-state index contributed by atoms with van der Waals surface area (Å²) >= 11 is 0. The number of piperazine rings is 1. The van der Waals surface area contributed by atoms with Crippen molar-refractivity contribution in [3.8, 4) is 0 Å². The minimum Gasteiger partial charge on any atom is -0.383 e. The molecule has 1 atom stereocenters. The van der Waals surface area contributed by atoms with Gasteiger partial charge in [0.05, 0.1) is 13.2 Å². The summed E-state index contributed by atoms with van der Waals surface area (Å²) in [6.07, 6.45) is 1.10. The lowest BCUT2D eigenvalue weighted by molar-refractivity contribution is -1.01. The largest absolute Gasteiger partial charge is 0.383 e. The number of benzene rings is 1. The van der Waals surface area contributed by atoms with E-state index >= 15 is 0 Å². The van der Waals surface area contributed by atoms with Gasteiger partial charge in [-0.2, -0.15) is 0 Å². The summed E-state index contributed by atoms with van der Waals surface area (Å²) in [7, 11) is 1.71. The molecule has 0 amide bonds. The normalized spacial score (nSPS) is 21.8. The third-order valence-electron chi connectivity index (χ3n) is 5.26. The molecule has 0 radical (unpaired) electrons. The number of para-hydroxylation sites is 1. The first-order valence-electron chi connectivity index (χ1n) is 9.68. The SMILES string of the molecule is COCCn1nnnc1[C@H](CC(C)C)[NH+]1CC[NH+](c2ccccc2)CC1. The Morgan fingerprint density at radius 3 is 2.50 bits per heavy atom. The number of ether oxygens (including phenoxy) is 1. The van der Waals surface area contributed by atoms with Crippen LogP contribution in [0, 0.1) is 5.92 Å². The van der Waals surface area contributed by atoms with E-state index in [0.717, 1.165) is 38.4 Å². The molecule has 7 nitrogen and oxygen atoms in total. The molecule has 142 valence electrons. The van der Waals surface area contributed by atoms with E-state index in [9.17, 15) is 0 Å². The summed E-state index contributed by atoms with van der Waals surface area (Å²) in [6, 6.07) is 11.2. The van der Waals surface area contributed by atoms with Gasteiger partial charge in [0.25, 0.3) is 0 Å². The highest BCUT2D eigenvalue weighted by Gasteiger charge is 2.35. The van der Waals surface area contributed by atoms with Crippen LogP contribution in [0.3, 0.4) is 0 Å². The number of tetrazole rings is 1. The fourth-order valence-corrected chi connectivity index (χ4v) is 3.91. The molecule has 1 fully saturated rings. The van der Waals surface area contributed by atoms with Crippen molar-refractivity contribution in [1.82, 2.24) is 20.2 Å². The van der Waals surface area contributed by atoms with Gasteiger partial charge >= 0.3 is 0 Å². The highest BCUT2D eigenvalue weighted by molar-refractivity contribution is 5.27. The topological polar surface area (TPSA) is 61.7 Å². The quantitative estimate of drug-likeness (QED) is 0.668. The van der Waals surface area contributed by atoms with Crippen LogP contribution in [-0.2, 0) is 11.3 Å². The van der Waals surface area contributed by atoms with E-state index in [0.29, 0.717) is 25.1 Å². The summed E-state index contributed by atoms with van der Waals surface area (Å²) in [5.74, 6) is 1.62. The molecule has 2 heterocycles. The lowest BCUT2D eigenvalue weighted by Crippen LogP contribution is -3.26. The zero-order valence-electron chi connectivity index (χ0n) is 16.2. The van der Waals surface area contributed by atoms with Crippen molar-refractivity contribution < 1.29 is 14.5 Å². The molecule has 1 aliphatic heterocycles. The minimum atomic E-state index is 0.346. The molecular formula is C19H32N6O+2. The maximum atomic E-state index is 5.21. The lowest BCUT2D eigenvalue weighted by atomic mass is 10.0. The fraction of sp³-hybridized carbons (Fsp3) is 0.632. The Balaban J connectivity index is 1.70. The monoisotopic (exact) mass is 360 g/mol. The predicted octanol–water partition coefficient (Wildman–Crippen LogP) is -0.478. The van der Waals surface area contributed by atoms with E-state index in [1.165, 1.54) is 5.69 Å². The zero-order valence-corrected chi connectivity index (χ0v) is 16.2. The molecule has 1 saturated heterocycles. The van der Waals surface area contributed by atoms with E-state index < -0.39 is 0 Å². The van der Waals surface area contributed by atoms with Crippen LogP contribution in [0.15, 0.2) is 30.3 Å². The zero-order chi connectivity index (χ0) is 18.4. The Morgan fingerprint density at radius 2 is 1.85 bits per heavy atom. The van der Waals surface area contributed by atoms with Crippen molar-refractivity contribution in [3.63, 3.8) is 0 Å². The molecule has 3 rings (SSSR count). The second-order valence-corrected chi connectivity index (χ2v) is 7.56. The number of nitrogens with zero attached hydrogens (tertiary/aromatic N) is 4. The van der Waals surface area contributed by atoms with Crippen molar-refractivity contribution in [2.75, 3.05) is 39.9 Å². The van der Waals surface area contributed by atoms with Crippen molar-refractivity contribution >= 4 is 5.69 Å². The molecule has 2 N–H and O–H groups in total. The van der Waals surface area contributed by atoms with Crippen molar-refractivity contribution in [2.24, 2.45) is 5.92 Å². The number of hydrogen-bond acceptors (Lipinski definition) is 4. The number of aromatic nitrogens is 4. The molecule has 0 spiro atoms. The van der Waals surface area contributed by atoms with Crippen LogP contribution in [-0.4, -0.2) is 60.1 Å². The first-order chi connectivity index (χ1) is 12.7. The Hall–Kier alpha value is -1.83. The number of rotatable bonds is 8. The third-order valence-corrected chi connectivity index (χ3v) is 5.26. The van der Waals surface area contributed by atoms with Crippen LogP contribution < -0.4 is 9.80 Å². The van der Waals surface area contributed by atoms with Crippen LogP contribution in [0.1, 0.15) is 32.1 Å². The van der Waals surface area contributed by atoms with Gasteiger partial charge in [0.1, 0.15) is 31.9 Å². The van der Waals surface area contributed by atoms with Gasteiger partial charge in [-0.3, -0.25) is 4.90 Å². The van der Waals surface area contributed by atoms with Gasteiger partial charge in [0, 0.05) is 13.5 Å². The van der Waals surface area contributed by atoms with Gasteiger partial charge in [-0.25, -0.2) is 4.68 Å². The van der Waals surface area contributed by atoms with Gasteiger partial charge in [-0.15, -0.1) is 5.10 Å². The molecule has 26 heavy (non-hydrogen) atoms. The molecule has 1 aromatic heterocycles. The number of methoxy groups -OCH3 is 1. The van der Waals surface area contributed by atoms with Crippen molar-refractivity contribution in [3.05, 3.63) is 36.2 Å². The standard InChI is InChI=1S/C19H30N6O/c1-16(2)15-18(19-20-21-22-25(19)13-14-26-3)24-11-9-23(10-12-24)17-7-5-4-6-8-17/h4-8,16,18H,9-15H2,1-3H3/p+2/t18-/m0/s1. The lowest BCUT2D eigenvalue weighted by Gasteiger charge is -2.34. The van der Waals surface area contributed by atoms with Crippen LogP contribution in [0.4, 0.5) is 5.69 Å². The average Bonchev–Trinajstić information content (AvgIpc) is 3.13. The van der Waals surface area contributed by atoms with E-state index in [1.54, 1.807) is 16.9 Å². The maximum absolute atomic E-state index is 5.21. The number of nitrogens with one attached hydrogen (secondary N) is 2. The smallest absolute Gasteiger partial charge is 0.209 e.